The molecule has 2 aromatic rings. The van der Waals surface area contributed by atoms with E-state index >= 15 is 0 Å². The van der Waals surface area contributed by atoms with Crippen LogP contribution in [0, 0.1) is 11.6 Å². The van der Waals surface area contributed by atoms with E-state index in [9.17, 15) is 13.6 Å². The van der Waals surface area contributed by atoms with Crippen molar-refractivity contribution in [3.8, 4) is 0 Å². The lowest BCUT2D eigenvalue weighted by molar-refractivity contribution is -0.119. The number of nitrogens with zero attached hydrogens (tertiary/aromatic N) is 1. The molecule has 0 atom stereocenters. The summed E-state index contributed by atoms with van der Waals surface area (Å²) in [7, 11) is 0. The zero-order valence-electron chi connectivity index (χ0n) is 11.3. The second kappa shape index (κ2) is 5.16. The zero-order chi connectivity index (χ0) is 15.0. The Labute approximate surface area is 121 Å². The minimum atomic E-state index is -0.908. The summed E-state index contributed by atoms with van der Waals surface area (Å²) in [6.45, 7) is 0.215. The molecule has 108 valence electrons. The molecule has 3 rings (SSSR count). The number of anilines is 2. The summed E-state index contributed by atoms with van der Waals surface area (Å²) < 4.78 is 26.3. The van der Waals surface area contributed by atoms with Crippen LogP contribution in [0.15, 0.2) is 36.4 Å². The predicted octanol–water partition coefficient (Wildman–Crippen LogP) is 3.03. The van der Waals surface area contributed by atoms with Gasteiger partial charge >= 0.3 is 0 Å². The lowest BCUT2D eigenvalue weighted by atomic mass is 10.00. The molecule has 21 heavy (non-hydrogen) atoms. The Balaban J connectivity index is 1.94. The molecule has 0 saturated heterocycles. The van der Waals surface area contributed by atoms with Crippen molar-refractivity contribution < 1.29 is 13.6 Å². The molecular weight excluding hydrogens is 274 g/mol. The topological polar surface area (TPSA) is 46.3 Å². The zero-order valence-corrected chi connectivity index (χ0v) is 11.3. The largest absolute Gasteiger partial charge is 0.399 e. The van der Waals surface area contributed by atoms with E-state index < -0.39 is 11.6 Å². The van der Waals surface area contributed by atoms with Gasteiger partial charge < -0.3 is 10.6 Å². The maximum atomic E-state index is 13.3. The van der Waals surface area contributed by atoms with Gasteiger partial charge in [0.2, 0.25) is 5.91 Å². The van der Waals surface area contributed by atoms with E-state index in [1.165, 1.54) is 6.07 Å². The number of nitrogen functional groups attached to an aromatic ring is 1. The van der Waals surface area contributed by atoms with E-state index in [4.69, 9.17) is 5.73 Å². The van der Waals surface area contributed by atoms with Crippen LogP contribution in [0.3, 0.4) is 0 Å². The molecule has 1 amide bonds. The highest BCUT2D eigenvalue weighted by atomic mass is 19.2. The van der Waals surface area contributed by atoms with Gasteiger partial charge in [-0.25, -0.2) is 8.78 Å². The van der Waals surface area contributed by atoms with Gasteiger partial charge in [-0.2, -0.15) is 0 Å². The van der Waals surface area contributed by atoms with Gasteiger partial charge in [-0.05, 0) is 47.9 Å². The lowest BCUT2D eigenvalue weighted by Crippen LogP contribution is -2.34. The van der Waals surface area contributed by atoms with Crippen LogP contribution in [0.5, 0.6) is 0 Å². The average molecular weight is 288 g/mol. The van der Waals surface area contributed by atoms with E-state index in [1.807, 2.05) is 6.07 Å². The van der Waals surface area contributed by atoms with Crippen molar-refractivity contribution in [3.05, 3.63) is 59.2 Å². The number of amides is 1. The maximum Gasteiger partial charge on any atom is 0.227 e. The first-order chi connectivity index (χ1) is 10.0. The standard InChI is InChI=1S/C16H14F2N2O/c17-13-4-1-10(7-14(13)18)9-20-15-5-3-12(19)8-11(15)2-6-16(20)21/h1,3-5,7-8H,2,6,9,19H2. The summed E-state index contributed by atoms with van der Waals surface area (Å²) in [4.78, 5) is 13.7. The molecule has 3 nitrogen and oxygen atoms in total. The fourth-order valence-electron chi connectivity index (χ4n) is 2.57. The molecule has 1 aliphatic rings. The van der Waals surface area contributed by atoms with E-state index in [1.54, 1.807) is 17.0 Å². The lowest BCUT2D eigenvalue weighted by Gasteiger charge is -2.29. The van der Waals surface area contributed by atoms with Crippen molar-refractivity contribution >= 4 is 17.3 Å². The van der Waals surface area contributed by atoms with Gasteiger partial charge in [0.15, 0.2) is 11.6 Å². The van der Waals surface area contributed by atoms with Crippen LogP contribution in [0.4, 0.5) is 20.2 Å². The molecule has 0 fully saturated rings. The molecule has 0 aliphatic carbocycles. The molecular formula is C16H14F2N2O. The summed E-state index contributed by atoms with van der Waals surface area (Å²) in [5, 5.41) is 0. The second-order valence-corrected chi connectivity index (χ2v) is 5.12. The van der Waals surface area contributed by atoms with Crippen LogP contribution in [0.2, 0.25) is 0 Å². The highest BCUT2D eigenvalue weighted by Crippen LogP contribution is 2.30. The van der Waals surface area contributed by atoms with E-state index in [0.717, 1.165) is 23.4 Å². The number of hydrogen-bond donors (Lipinski definition) is 1. The Hall–Kier alpha value is -2.43. The minimum absolute atomic E-state index is 0.0306. The van der Waals surface area contributed by atoms with Crippen LogP contribution in [-0.4, -0.2) is 5.91 Å². The van der Waals surface area contributed by atoms with Gasteiger partial charge in [-0.3, -0.25) is 4.79 Å². The quantitative estimate of drug-likeness (QED) is 0.863. The molecule has 0 unspecified atom stereocenters. The Morgan fingerprint density at radius 2 is 1.86 bits per heavy atom. The molecule has 2 aromatic carbocycles. The van der Waals surface area contributed by atoms with Crippen molar-refractivity contribution in [1.29, 1.82) is 0 Å². The average Bonchev–Trinajstić information content (AvgIpc) is 2.46. The molecule has 0 spiro atoms. The first kappa shape index (κ1) is 13.5. The summed E-state index contributed by atoms with van der Waals surface area (Å²) in [5.41, 5.74) is 8.73. The highest BCUT2D eigenvalue weighted by molar-refractivity contribution is 5.96. The van der Waals surface area contributed by atoms with Gasteiger partial charge in [-0.15, -0.1) is 0 Å². The Morgan fingerprint density at radius 3 is 2.62 bits per heavy atom. The van der Waals surface area contributed by atoms with Crippen LogP contribution >= 0.6 is 0 Å². The minimum Gasteiger partial charge on any atom is -0.399 e. The fourth-order valence-corrected chi connectivity index (χ4v) is 2.57. The first-order valence-electron chi connectivity index (χ1n) is 6.67. The smallest absolute Gasteiger partial charge is 0.227 e. The number of carbonyl (C=O) groups excluding carboxylic acids is 1. The van der Waals surface area contributed by atoms with Crippen molar-refractivity contribution in [2.45, 2.75) is 19.4 Å². The Kier molecular flexibility index (Phi) is 3.33. The molecule has 0 saturated carbocycles. The molecule has 1 aliphatic heterocycles. The maximum absolute atomic E-state index is 13.3. The number of hydrogen-bond acceptors (Lipinski definition) is 2. The third-order valence-electron chi connectivity index (χ3n) is 3.63. The van der Waals surface area contributed by atoms with Gasteiger partial charge in [0, 0.05) is 17.8 Å². The summed E-state index contributed by atoms with van der Waals surface area (Å²) in [6, 6.07) is 9.05. The SMILES string of the molecule is Nc1ccc2c(c1)CCC(=O)N2Cc1ccc(F)c(F)c1. The van der Waals surface area contributed by atoms with Crippen molar-refractivity contribution in [3.63, 3.8) is 0 Å². The third kappa shape index (κ3) is 2.59. The van der Waals surface area contributed by atoms with Crippen LogP contribution < -0.4 is 10.6 Å². The number of benzene rings is 2. The highest BCUT2D eigenvalue weighted by Gasteiger charge is 2.24. The number of aryl methyl sites for hydroxylation is 1. The predicted molar refractivity (Wildman–Crippen MR) is 76.7 cm³/mol. The van der Waals surface area contributed by atoms with Crippen LogP contribution in [0.25, 0.3) is 0 Å². The number of fused-ring (bicyclic) bond motifs is 1. The molecule has 2 N–H and O–H groups in total. The molecule has 0 bridgehead atoms. The van der Waals surface area contributed by atoms with Gasteiger partial charge in [0.25, 0.3) is 0 Å². The second-order valence-electron chi connectivity index (χ2n) is 5.12. The van der Waals surface area contributed by atoms with E-state index in [2.05, 4.69) is 0 Å². The van der Waals surface area contributed by atoms with Crippen LogP contribution in [0.1, 0.15) is 17.5 Å². The van der Waals surface area contributed by atoms with E-state index in [0.29, 0.717) is 24.1 Å². The van der Waals surface area contributed by atoms with Gasteiger partial charge in [-0.1, -0.05) is 6.07 Å². The van der Waals surface area contributed by atoms with Gasteiger partial charge in [0.05, 0.1) is 6.54 Å². The molecule has 0 aromatic heterocycles. The number of carbonyl (C=O) groups is 1. The van der Waals surface area contributed by atoms with Crippen molar-refractivity contribution in [2.75, 3.05) is 10.6 Å². The summed E-state index contributed by atoms with van der Waals surface area (Å²) in [6.07, 6.45) is 1.04. The molecule has 0 radical (unpaired) electrons. The number of halogens is 2. The van der Waals surface area contributed by atoms with Gasteiger partial charge in [0.1, 0.15) is 0 Å². The summed E-state index contributed by atoms with van der Waals surface area (Å²) >= 11 is 0. The summed E-state index contributed by atoms with van der Waals surface area (Å²) in [5.74, 6) is -1.83. The Bertz CT molecular complexity index is 715. The van der Waals surface area contributed by atoms with Crippen molar-refractivity contribution in [2.24, 2.45) is 0 Å². The van der Waals surface area contributed by atoms with E-state index in [-0.39, 0.29) is 12.5 Å². The Morgan fingerprint density at radius 1 is 1.05 bits per heavy atom. The first-order valence-corrected chi connectivity index (χ1v) is 6.67. The number of nitrogens with two attached hydrogens (primary N) is 1. The molecule has 1 heterocycles. The fraction of sp³-hybridized carbons (Fsp3) is 0.188. The number of rotatable bonds is 2. The third-order valence-corrected chi connectivity index (χ3v) is 3.63. The van der Waals surface area contributed by atoms with Crippen LogP contribution in [-0.2, 0) is 17.8 Å². The molecule has 5 heteroatoms. The monoisotopic (exact) mass is 288 g/mol. The normalized spacial score (nSPS) is 14.2. The van der Waals surface area contributed by atoms with Crippen molar-refractivity contribution in [1.82, 2.24) is 0 Å².